The highest BCUT2D eigenvalue weighted by Crippen LogP contribution is 2.56. The van der Waals surface area contributed by atoms with Crippen LogP contribution >= 0.6 is 0 Å². The van der Waals surface area contributed by atoms with Gasteiger partial charge in [-0.05, 0) is 56.3 Å². The average molecular weight is 191 g/mol. The normalized spacial score (nSPS) is 49.2. The molecule has 2 heteroatoms. The summed E-state index contributed by atoms with van der Waals surface area (Å²) in [6, 6.07) is 2.12. The van der Waals surface area contributed by atoms with Crippen molar-refractivity contribution >= 4 is 0 Å². The van der Waals surface area contributed by atoms with Crippen molar-refractivity contribution in [1.29, 1.82) is 5.26 Å². The van der Waals surface area contributed by atoms with Crippen LogP contribution in [0.25, 0.3) is 0 Å². The average Bonchev–Trinajstić information content (AvgIpc) is 2.12. The van der Waals surface area contributed by atoms with Gasteiger partial charge in [-0.1, -0.05) is 0 Å². The van der Waals surface area contributed by atoms with Crippen LogP contribution in [0.3, 0.4) is 0 Å². The van der Waals surface area contributed by atoms with E-state index in [1.807, 2.05) is 0 Å². The summed E-state index contributed by atoms with van der Waals surface area (Å²) in [5.74, 6) is 2.75. The maximum Gasteiger partial charge on any atom is 0.134 e. The molecule has 14 heavy (non-hydrogen) atoms. The highest BCUT2D eigenvalue weighted by Gasteiger charge is 2.51. The van der Waals surface area contributed by atoms with Crippen molar-refractivity contribution in [2.45, 2.75) is 44.1 Å². The minimum atomic E-state index is 0.129. The van der Waals surface area contributed by atoms with Crippen molar-refractivity contribution in [3.8, 4) is 6.07 Å². The second-order valence-corrected chi connectivity index (χ2v) is 5.55. The van der Waals surface area contributed by atoms with Crippen LogP contribution in [0.2, 0.25) is 0 Å². The van der Waals surface area contributed by atoms with E-state index in [2.05, 4.69) is 6.07 Å². The summed E-state index contributed by atoms with van der Waals surface area (Å²) in [5, 5.41) is 8.59. The molecule has 0 N–H and O–H groups in total. The zero-order valence-electron chi connectivity index (χ0n) is 8.54. The van der Waals surface area contributed by atoms with Crippen LogP contribution in [0, 0.1) is 29.1 Å². The summed E-state index contributed by atoms with van der Waals surface area (Å²) >= 11 is 0. The van der Waals surface area contributed by atoms with Crippen LogP contribution in [-0.4, -0.2) is 12.2 Å². The summed E-state index contributed by atoms with van der Waals surface area (Å²) in [6.07, 6.45) is 8.03. The van der Waals surface area contributed by atoms with Crippen molar-refractivity contribution in [2.24, 2.45) is 17.8 Å². The standard InChI is InChI=1S/C12H17NO/c13-1-2-14-12-6-9-3-10(7-12)5-11(4-9)8-12/h9-11H,2-8H2. The molecule has 2 nitrogen and oxygen atoms in total. The second-order valence-electron chi connectivity index (χ2n) is 5.55. The third-order valence-corrected chi connectivity index (χ3v) is 4.42. The predicted octanol–water partition coefficient (Wildman–Crippen LogP) is 2.50. The van der Waals surface area contributed by atoms with Gasteiger partial charge in [0, 0.05) is 0 Å². The summed E-state index contributed by atoms with van der Waals surface area (Å²) in [4.78, 5) is 0. The van der Waals surface area contributed by atoms with E-state index in [0.717, 1.165) is 17.8 Å². The van der Waals surface area contributed by atoms with Crippen molar-refractivity contribution in [3.63, 3.8) is 0 Å². The van der Waals surface area contributed by atoms with E-state index in [4.69, 9.17) is 10.00 Å². The Morgan fingerprint density at radius 3 is 2.00 bits per heavy atom. The van der Waals surface area contributed by atoms with Crippen LogP contribution in [0.4, 0.5) is 0 Å². The first-order chi connectivity index (χ1) is 6.80. The molecule has 4 rings (SSSR count). The van der Waals surface area contributed by atoms with Gasteiger partial charge in [-0.15, -0.1) is 0 Å². The van der Waals surface area contributed by atoms with Crippen LogP contribution < -0.4 is 0 Å². The Hall–Kier alpha value is -0.550. The fourth-order valence-corrected chi connectivity index (χ4v) is 4.39. The third kappa shape index (κ3) is 1.26. The zero-order valence-corrected chi connectivity index (χ0v) is 8.54. The third-order valence-electron chi connectivity index (χ3n) is 4.42. The van der Waals surface area contributed by atoms with Crippen LogP contribution in [0.5, 0.6) is 0 Å². The van der Waals surface area contributed by atoms with E-state index in [-0.39, 0.29) is 5.60 Å². The molecule has 4 fully saturated rings. The molecular formula is C12H17NO. The number of nitrogens with zero attached hydrogens (tertiary/aromatic N) is 1. The molecule has 0 aliphatic heterocycles. The molecule has 0 aromatic rings. The summed E-state index contributed by atoms with van der Waals surface area (Å²) in [6.45, 7) is 0.298. The predicted molar refractivity (Wildman–Crippen MR) is 52.5 cm³/mol. The Labute approximate surface area is 85.2 Å². The Morgan fingerprint density at radius 1 is 1.07 bits per heavy atom. The fraction of sp³-hybridized carbons (Fsp3) is 0.917. The van der Waals surface area contributed by atoms with Crippen molar-refractivity contribution in [3.05, 3.63) is 0 Å². The number of ether oxygens (including phenoxy) is 1. The Balaban J connectivity index is 1.78. The molecule has 0 radical (unpaired) electrons. The SMILES string of the molecule is N#CCOC12CC3CC(CC(C3)C1)C2. The quantitative estimate of drug-likeness (QED) is 0.671. The molecule has 0 amide bonds. The van der Waals surface area contributed by atoms with Crippen LogP contribution in [-0.2, 0) is 4.74 Å². The van der Waals surface area contributed by atoms with E-state index in [0.29, 0.717) is 6.61 Å². The van der Waals surface area contributed by atoms with Crippen LogP contribution in [0.1, 0.15) is 38.5 Å². The lowest BCUT2D eigenvalue weighted by molar-refractivity contribution is -0.154. The molecule has 0 unspecified atom stereocenters. The van der Waals surface area contributed by atoms with Gasteiger partial charge in [0.25, 0.3) is 0 Å². The first-order valence-electron chi connectivity index (χ1n) is 5.80. The van der Waals surface area contributed by atoms with Gasteiger partial charge in [-0.3, -0.25) is 0 Å². The molecule has 0 atom stereocenters. The van der Waals surface area contributed by atoms with Gasteiger partial charge in [-0.2, -0.15) is 5.26 Å². The molecule has 76 valence electrons. The molecule has 4 saturated carbocycles. The topological polar surface area (TPSA) is 33.0 Å². The van der Waals surface area contributed by atoms with Gasteiger partial charge >= 0.3 is 0 Å². The minimum Gasteiger partial charge on any atom is -0.360 e. The van der Waals surface area contributed by atoms with E-state index in [1.165, 1.54) is 38.5 Å². The van der Waals surface area contributed by atoms with Gasteiger partial charge in [-0.25, -0.2) is 0 Å². The molecule has 0 saturated heterocycles. The molecule has 0 heterocycles. The maximum atomic E-state index is 8.59. The van der Waals surface area contributed by atoms with Gasteiger partial charge in [0.2, 0.25) is 0 Å². The monoisotopic (exact) mass is 191 g/mol. The van der Waals surface area contributed by atoms with E-state index in [1.54, 1.807) is 0 Å². The van der Waals surface area contributed by atoms with Crippen molar-refractivity contribution < 1.29 is 4.74 Å². The molecule has 4 aliphatic rings. The number of nitriles is 1. The largest absolute Gasteiger partial charge is 0.360 e. The Bertz CT molecular complexity index is 243. The van der Waals surface area contributed by atoms with E-state index >= 15 is 0 Å². The minimum absolute atomic E-state index is 0.129. The van der Waals surface area contributed by atoms with E-state index < -0.39 is 0 Å². The zero-order chi connectivity index (χ0) is 9.60. The fourth-order valence-electron chi connectivity index (χ4n) is 4.39. The molecule has 4 aliphatic carbocycles. The summed E-state index contributed by atoms with van der Waals surface area (Å²) in [5.41, 5.74) is 0.129. The van der Waals surface area contributed by atoms with Gasteiger partial charge in [0.15, 0.2) is 0 Å². The number of rotatable bonds is 2. The molecule has 0 aromatic heterocycles. The van der Waals surface area contributed by atoms with Crippen LogP contribution in [0.15, 0.2) is 0 Å². The maximum absolute atomic E-state index is 8.59. The highest BCUT2D eigenvalue weighted by molar-refractivity contribution is 5.03. The Morgan fingerprint density at radius 2 is 1.57 bits per heavy atom. The Kier molecular flexibility index (Phi) is 1.85. The molecular weight excluding hydrogens is 174 g/mol. The number of hydrogen-bond acceptors (Lipinski definition) is 2. The van der Waals surface area contributed by atoms with Crippen molar-refractivity contribution in [1.82, 2.24) is 0 Å². The lowest BCUT2D eigenvalue weighted by Crippen LogP contribution is -2.52. The van der Waals surface area contributed by atoms with Crippen molar-refractivity contribution in [2.75, 3.05) is 6.61 Å². The highest BCUT2D eigenvalue weighted by atomic mass is 16.5. The molecule has 0 aromatic carbocycles. The van der Waals surface area contributed by atoms with Gasteiger partial charge < -0.3 is 4.74 Å². The number of hydrogen-bond donors (Lipinski definition) is 0. The summed E-state index contributed by atoms with van der Waals surface area (Å²) in [7, 11) is 0. The van der Waals surface area contributed by atoms with Gasteiger partial charge in [0.1, 0.15) is 6.61 Å². The van der Waals surface area contributed by atoms with E-state index in [9.17, 15) is 0 Å². The smallest absolute Gasteiger partial charge is 0.134 e. The first-order valence-corrected chi connectivity index (χ1v) is 5.80. The second kappa shape index (κ2) is 2.97. The lowest BCUT2D eigenvalue weighted by atomic mass is 9.54. The lowest BCUT2D eigenvalue weighted by Gasteiger charge is -2.56. The van der Waals surface area contributed by atoms with Gasteiger partial charge in [0.05, 0.1) is 11.7 Å². The molecule has 4 bridgehead atoms. The summed E-state index contributed by atoms with van der Waals surface area (Å²) < 4.78 is 5.83. The molecule has 0 spiro atoms. The first kappa shape index (κ1) is 8.73.